The molecule has 2 aromatic heterocycles. The van der Waals surface area contributed by atoms with Gasteiger partial charge in [0.25, 0.3) is 0 Å². The van der Waals surface area contributed by atoms with Gasteiger partial charge < -0.3 is 4.98 Å². The van der Waals surface area contributed by atoms with Crippen LogP contribution >= 0.6 is 0 Å². The molecule has 0 unspecified atom stereocenters. The van der Waals surface area contributed by atoms with E-state index in [1.165, 1.54) is 27.3 Å². The van der Waals surface area contributed by atoms with Crippen LogP contribution in [-0.2, 0) is 20.1 Å². The second-order valence-corrected chi connectivity index (χ2v) is 8.71. The minimum absolute atomic E-state index is 0. The topological polar surface area (TPSA) is 38.7 Å². The summed E-state index contributed by atoms with van der Waals surface area (Å²) in [6.07, 6.45) is 7.78. The number of nitrogens with zero attached hydrogens (tertiary/aromatic N) is 3. The number of pyridine rings is 1. The predicted octanol–water partition coefficient (Wildman–Crippen LogP) is 7.92. The van der Waals surface area contributed by atoms with E-state index in [9.17, 15) is 0 Å². The Hall–Kier alpha value is -4.24. The molecule has 4 heteroatoms. The number of benzene rings is 5. The van der Waals surface area contributed by atoms with Crippen LogP contribution in [0.1, 0.15) is 11.1 Å². The summed E-state index contributed by atoms with van der Waals surface area (Å²) in [6.45, 7) is 0. The Balaban J connectivity index is 0.000000133. The molecule has 37 heavy (non-hydrogen) atoms. The molecule has 5 aromatic carbocycles. The van der Waals surface area contributed by atoms with Crippen molar-refractivity contribution < 1.29 is 20.1 Å². The molecule has 0 saturated carbocycles. The molecule has 1 radical (unpaired) electrons. The maximum absolute atomic E-state index is 4.74. The van der Waals surface area contributed by atoms with Crippen molar-refractivity contribution in [1.29, 1.82) is 0 Å². The average Bonchev–Trinajstić information content (AvgIpc) is 3.38. The summed E-state index contributed by atoms with van der Waals surface area (Å²) in [5.41, 5.74) is 7.47. The van der Waals surface area contributed by atoms with E-state index in [1.54, 1.807) is 12.4 Å². The first-order valence-corrected chi connectivity index (χ1v) is 11.9. The Kier molecular flexibility index (Phi) is 6.05. The molecule has 2 heterocycles. The smallest absolute Gasteiger partial charge is 0.0607 e. The van der Waals surface area contributed by atoms with Crippen molar-refractivity contribution in [1.82, 2.24) is 15.0 Å². The Morgan fingerprint density at radius 2 is 1.35 bits per heavy atom. The van der Waals surface area contributed by atoms with Gasteiger partial charge in [-0.1, -0.05) is 65.4 Å². The van der Waals surface area contributed by atoms with Gasteiger partial charge in [-0.25, -0.2) is 0 Å². The minimum atomic E-state index is 0. The zero-order valence-electron chi connectivity index (χ0n) is 19.6. The molecular weight excluding hydrogens is 631 g/mol. The van der Waals surface area contributed by atoms with Crippen LogP contribution in [0.15, 0.2) is 103 Å². The third-order valence-electron chi connectivity index (χ3n) is 6.59. The van der Waals surface area contributed by atoms with Gasteiger partial charge in [0, 0.05) is 43.4 Å². The van der Waals surface area contributed by atoms with E-state index in [0.717, 1.165) is 38.6 Å². The van der Waals surface area contributed by atoms with Gasteiger partial charge in [-0.3, -0.25) is 9.97 Å². The van der Waals surface area contributed by atoms with Gasteiger partial charge in [-0.15, -0.1) is 65.5 Å². The molecule has 7 aromatic rings. The van der Waals surface area contributed by atoms with E-state index in [4.69, 9.17) is 4.98 Å². The van der Waals surface area contributed by atoms with Crippen molar-refractivity contribution in [3.8, 4) is 11.3 Å². The summed E-state index contributed by atoms with van der Waals surface area (Å²) < 4.78 is 0. The molecule has 8 rings (SSSR count). The van der Waals surface area contributed by atoms with E-state index >= 15 is 0 Å². The van der Waals surface area contributed by atoms with Gasteiger partial charge in [0.05, 0.1) is 11.0 Å². The van der Waals surface area contributed by atoms with E-state index in [2.05, 4.69) is 82.8 Å². The Bertz CT molecular complexity index is 1720. The first kappa shape index (κ1) is 23.2. The monoisotopic (exact) mass is 650 g/mol. The molecule has 0 amide bonds. The second kappa shape index (κ2) is 9.66. The van der Waals surface area contributed by atoms with Crippen LogP contribution in [0.3, 0.4) is 0 Å². The third-order valence-corrected chi connectivity index (χ3v) is 6.59. The molecular formula is C33H19IrN3-2. The molecule has 0 fully saturated rings. The van der Waals surface area contributed by atoms with Crippen molar-refractivity contribution in [3.63, 3.8) is 0 Å². The fraction of sp³-hybridized carbons (Fsp3) is 0. The van der Waals surface area contributed by atoms with E-state index in [-0.39, 0.29) is 20.1 Å². The Morgan fingerprint density at radius 3 is 2.22 bits per heavy atom. The van der Waals surface area contributed by atoms with Crippen LogP contribution in [0.5, 0.6) is 0 Å². The summed E-state index contributed by atoms with van der Waals surface area (Å²) in [6, 6.07) is 37.2. The molecule has 0 saturated heterocycles. The van der Waals surface area contributed by atoms with Crippen molar-refractivity contribution in [2.24, 2.45) is 0 Å². The first-order chi connectivity index (χ1) is 17.9. The molecule has 0 aliphatic heterocycles. The number of aromatic nitrogens is 3. The van der Waals surface area contributed by atoms with Crippen LogP contribution in [0.4, 0.5) is 0 Å². The van der Waals surface area contributed by atoms with Gasteiger partial charge >= 0.3 is 0 Å². The van der Waals surface area contributed by atoms with Gasteiger partial charge in [0.15, 0.2) is 0 Å². The van der Waals surface area contributed by atoms with Crippen molar-refractivity contribution >= 4 is 55.6 Å². The van der Waals surface area contributed by atoms with E-state index in [1.807, 2.05) is 42.5 Å². The summed E-state index contributed by atoms with van der Waals surface area (Å²) in [7, 11) is 0. The van der Waals surface area contributed by atoms with Gasteiger partial charge in [0.2, 0.25) is 0 Å². The van der Waals surface area contributed by atoms with Crippen LogP contribution in [0.2, 0.25) is 0 Å². The average molecular weight is 650 g/mol. The first-order valence-electron chi connectivity index (χ1n) is 11.9. The molecule has 0 bridgehead atoms. The van der Waals surface area contributed by atoms with Gasteiger partial charge in [-0.2, -0.15) is 0 Å². The number of hydrogen-bond acceptors (Lipinski definition) is 3. The largest absolute Gasteiger partial charge is 0.301 e. The summed E-state index contributed by atoms with van der Waals surface area (Å²) >= 11 is 0. The van der Waals surface area contributed by atoms with E-state index in [0.29, 0.717) is 0 Å². The van der Waals surface area contributed by atoms with Crippen molar-refractivity contribution in [2.45, 2.75) is 0 Å². The second-order valence-electron chi connectivity index (χ2n) is 8.71. The fourth-order valence-corrected chi connectivity index (χ4v) is 4.99. The maximum atomic E-state index is 4.74. The van der Waals surface area contributed by atoms with Gasteiger partial charge in [0.1, 0.15) is 0 Å². The van der Waals surface area contributed by atoms with Crippen molar-refractivity contribution in [2.75, 3.05) is 0 Å². The zero-order chi connectivity index (χ0) is 23.9. The van der Waals surface area contributed by atoms with Crippen LogP contribution in [-0.4, -0.2) is 15.0 Å². The minimum Gasteiger partial charge on any atom is -0.301 e. The van der Waals surface area contributed by atoms with E-state index < -0.39 is 0 Å². The fourth-order valence-electron chi connectivity index (χ4n) is 4.99. The standard InChI is InChI=1S/C17H10N.C16H9N2.Ir/c1-2-5-12(6-3-1)16-11-14-10-9-13-7-4-8-15(18-16)17(13)14;1-3-7-13-11(5-1)12-6-2-4-8-14(12)16-15(13)17-9-10-18-16;/h1-5,7-11H;1-7,9-10H;/q2*-1;. The zero-order valence-corrected chi connectivity index (χ0v) is 22.0. The van der Waals surface area contributed by atoms with Crippen molar-refractivity contribution in [3.05, 3.63) is 127 Å². The summed E-state index contributed by atoms with van der Waals surface area (Å²) in [5, 5.41) is 5.84. The molecule has 1 aliphatic carbocycles. The molecule has 177 valence electrons. The number of fused-ring (bicyclic) bond motifs is 6. The predicted molar refractivity (Wildman–Crippen MR) is 148 cm³/mol. The summed E-state index contributed by atoms with van der Waals surface area (Å²) in [5.74, 6) is 0. The Morgan fingerprint density at radius 1 is 0.595 bits per heavy atom. The molecule has 0 spiro atoms. The molecule has 1 aliphatic rings. The SMILES string of the molecule is [Ir].[c-]1cccc2c1c1nccnc1c1ccccc21.[c-]1ccccc1-c1cc2c3c(cccc3n1)C=C2. The third kappa shape index (κ3) is 4.01. The van der Waals surface area contributed by atoms with Crippen LogP contribution in [0.25, 0.3) is 66.9 Å². The van der Waals surface area contributed by atoms with Gasteiger partial charge in [-0.05, 0) is 28.3 Å². The van der Waals surface area contributed by atoms with Crippen LogP contribution in [0, 0.1) is 12.1 Å². The number of hydrogen-bond donors (Lipinski definition) is 0. The molecule has 0 N–H and O–H groups in total. The normalized spacial score (nSPS) is 11.5. The number of rotatable bonds is 1. The maximum Gasteiger partial charge on any atom is 0.0607 e. The summed E-state index contributed by atoms with van der Waals surface area (Å²) in [4.78, 5) is 13.7. The molecule has 0 atom stereocenters. The Labute approximate surface area is 227 Å². The molecule has 3 nitrogen and oxygen atoms in total. The van der Waals surface area contributed by atoms with Crippen LogP contribution < -0.4 is 0 Å². The quantitative estimate of drug-likeness (QED) is 0.134.